The Labute approximate surface area is 150 Å². The van der Waals surface area contributed by atoms with Gasteiger partial charge in [-0.3, -0.25) is 4.98 Å². The van der Waals surface area contributed by atoms with Crippen molar-refractivity contribution < 1.29 is 0 Å². The number of pyridine rings is 1. The molecule has 2 aromatic heterocycles. The number of halogens is 2. The molecule has 2 N–H and O–H groups in total. The van der Waals surface area contributed by atoms with Crippen molar-refractivity contribution in [3.63, 3.8) is 0 Å². The van der Waals surface area contributed by atoms with Crippen molar-refractivity contribution in [3.8, 4) is 0 Å². The van der Waals surface area contributed by atoms with E-state index in [9.17, 15) is 0 Å². The maximum Gasteiger partial charge on any atom is 0.229 e. The average Bonchev–Trinajstić information content (AvgIpc) is 2.58. The van der Waals surface area contributed by atoms with E-state index in [1.54, 1.807) is 18.5 Å². The van der Waals surface area contributed by atoms with Gasteiger partial charge in [0.05, 0.1) is 15.7 Å². The third-order valence-electron chi connectivity index (χ3n) is 3.28. The lowest BCUT2D eigenvalue weighted by Gasteiger charge is -2.11. The monoisotopic (exact) mass is 359 g/mol. The van der Waals surface area contributed by atoms with Gasteiger partial charge in [0.2, 0.25) is 5.95 Å². The van der Waals surface area contributed by atoms with Gasteiger partial charge in [-0.2, -0.15) is 4.98 Å². The molecular weight excluding hydrogens is 345 g/mol. The highest BCUT2D eigenvalue weighted by Gasteiger charge is 2.08. The molecule has 1 aromatic carbocycles. The van der Waals surface area contributed by atoms with Crippen molar-refractivity contribution in [2.45, 2.75) is 13.5 Å². The summed E-state index contributed by atoms with van der Waals surface area (Å²) in [5.41, 5.74) is 2.62. The zero-order valence-corrected chi connectivity index (χ0v) is 14.4. The van der Waals surface area contributed by atoms with Gasteiger partial charge >= 0.3 is 0 Å². The minimum absolute atomic E-state index is 0.440. The molecule has 122 valence electrons. The number of anilines is 3. The van der Waals surface area contributed by atoms with Gasteiger partial charge < -0.3 is 10.6 Å². The molecule has 0 aliphatic heterocycles. The van der Waals surface area contributed by atoms with Gasteiger partial charge in [0, 0.05) is 30.7 Å². The van der Waals surface area contributed by atoms with Crippen LogP contribution in [0.1, 0.15) is 11.3 Å². The predicted molar refractivity (Wildman–Crippen MR) is 98.1 cm³/mol. The van der Waals surface area contributed by atoms with E-state index in [4.69, 9.17) is 23.2 Å². The van der Waals surface area contributed by atoms with Crippen LogP contribution in [0, 0.1) is 6.92 Å². The van der Waals surface area contributed by atoms with E-state index in [2.05, 4.69) is 25.6 Å². The van der Waals surface area contributed by atoms with Crippen molar-refractivity contribution in [2.75, 3.05) is 10.6 Å². The Hall–Kier alpha value is -2.37. The van der Waals surface area contributed by atoms with E-state index in [1.165, 1.54) is 0 Å². The largest absolute Gasteiger partial charge is 0.366 e. The maximum absolute atomic E-state index is 6.19. The lowest BCUT2D eigenvalue weighted by Crippen LogP contribution is -2.05. The normalized spacial score (nSPS) is 10.5. The van der Waals surface area contributed by atoms with Crippen molar-refractivity contribution in [3.05, 3.63) is 70.1 Å². The number of hydrogen-bond acceptors (Lipinski definition) is 5. The lowest BCUT2D eigenvalue weighted by molar-refractivity contribution is 1.05. The SMILES string of the molecule is Cc1cc(NCc2ccncc2)nc(Nc2cccc(Cl)c2Cl)n1. The third-order valence-corrected chi connectivity index (χ3v) is 4.09. The fraction of sp³-hybridized carbons (Fsp3) is 0.118. The maximum atomic E-state index is 6.19. The zero-order valence-electron chi connectivity index (χ0n) is 12.9. The Kier molecular flexibility index (Phi) is 5.13. The first-order chi connectivity index (χ1) is 11.6. The van der Waals surface area contributed by atoms with Crippen LogP contribution in [0.15, 0.2) is 48.8 Å². The molecule has 7 heteroatoms. The summed E-state index contributed by atoms with van der Waals surface area (Å²) in [5.74, 6) is 1.18. The Bertz CT molecular complexity index is 840. The molecule has 0 fully saturated rings. The summed E-state index contributed by atoms with van der Waals surface area (Å²) in [4.78, 5) is 12.8. The summed E-state index contributed by atoms with van der Waals surface area (Å²) in [6.45, 7) is 2.56. The van der Waals surface area contributed by atoms with Crippen molar-refractivity contribution >= 4 is 40.7 Å². The Morgan fingerprint density at radius 1 is 1.04 bits per heavy atom. The van der Waals surface area contributed by atoms with Gasteiger partial charge in [0.25, 0.3) is 0 Å². The molecular formula is C17H15Cl2N5. The van der Waals surface area contributed by atoms with Crippen molar-refractivity contribution in [2.24, 2.45) is 0 Å². The summed E-state index contributed by atoms with van der Waals surface area (Å²) >= 11 is 12.2. The molecule has 0 aliphatic carbocycles. The first-order valence-corrected chi connectivity index (χ1v) is 8.07. The molecule has 24 heavy (non-hydrogen) atoms. The highest BCUT2D eigenvalue weighted by molar-refractivity contribution is 6.43. The van der Waals surface area contributed by atoms with E-state index >= 15 is 0 Å². The summed E-state index contributed by atoms with van der Waals surface area (Å²) in [6.07, 6.45) is 3.52. The minimum atomic E-state index is 0.440. The van der Waals surface area contributed by atoms with Crippen LogP contribution in [0.3, 0.4) is 0 Å². The highest BCUT2D eigenvalue weighted by atomic mass is 35.5. The van der Waals surface area contributed by atoms with Crippen LogP contribution >= 0.6 is 23.2 Å². The van der Waals surface area contributed by atoms with Gasteiger partial charge in [-0.1, -0.05) is 29.3 Å². The fourth-order valence-electron chi connectivity index (χ4n) is 2.13. The number of hydrogen-bond donors (Lipinski definition) is 2. The smallest absolute Gasteiger partial charge is 0.229 e. The van der Waals surface area contributed by atoms with Crippen molar-refractivity contribution in [1.29, 1.82) is 0 Å². The lowest BCUT2D eigenvalue weighted by atomic mass is 10.3. The van der Waals surface area contributed by atoms with Gasteiger partial charge in [0.1, 0.15) is 5.82 Å². The van der Waals surface area contributed by atoms with E-state index in [0.717, 1.165) is 17.1 Å². The molecule has 0 amide bonds. The van der Waals surface area contributed by atoms with E-state index in [0.29, 0.717) is 28.2 Å². The molecule has 2 heterocycles. The second-order valence-corrected chi connectivity index (χ2v) is 5.94. The van der Waals surface area contributed by atoms with Crippen LogP contribution in [0.5, 0.6) is 0 Å². The molecule has 0 saturated heterocycles. The zero-order chi connectivity index (χ0) is 16.9. The highest BCUT2D eigenvalue weighted by Crippen LogP contribution is 2.31. The van der Waals surface area contributed by atoms with Gasteiger partial charge in [0.15, 0.2) is 0 Å². The molecule has 0 bridgehead atoms. The van der Waals surface area contributed by atoms with Crippen LogP contribution in [0.4, 0.5) is 17.5 Å². The Balaban J connectivity index is 1.77. The first kappa shape index (κ1) is 16.5. The molecule has 3 rings (SSSR count). The summed E-state index contributed by atoms with van der Waals surface area (Å²) in [6, 6.07) is 11.1. The van der Waals surface area contributed by atoms with Gasteiger partial charge in [-0.25, -0.2) is 4.98 Å². The van der Waals surface area contributed by atoms with Gasteiger partial charge in [-0.05, 0) is 36.8 Å². The fourth-order valence-corrected chi connectivity index (χ4v) is 2.48. The molecule has 0 spiro atoms. The van der Waals surface area contributed by atoms with E-state index in [1.807, 2.05) is 37.3 Å². The van der Waals surface area contributed by atoms with E-state index < -0.39 is 0 Å². The molecule has 0 saturated carbocycles. The number of nitrogens with zero attached hydrogens (tertiary/aromatic N) is 3. The van der Waals surface area contributed by atoms with Gasteiger partial charge in [-0.15, -0.1) is 0 Å². The second-order valence-electron chi connectivity index (χ2n) is 5.15. The Morgan fingerprint density at radius 2 is 1.83 bits per heavy atom. The summed E-state index contributed by atoms with van der Waals surface area (Å²) in [7, 11) is 0. The second kappa shape index (κ2) is 7.47. The molecule has 0 radical (unpaired) electrons. The van der Waals surface area contributed by atoms with Crippen LogP contribution < -0.4 is 10.6 Å². The molecule has 5 nitrogen and oxygen atoms in total. The standard InChI is InChI=1S/C17H15Cl2N5/c1-11-9-15(21-10-12-5-7-20-8-6-12)24-17(22-11)23-14-4-2-3-13(18)16(14)19/h2-9H,10H2,1H3,(H2,21,22,23,24). The van der Waals surface area contributed by atoms with Crippen LogP contribution in [0.2, 0.25) is 10.0 Å². The molecule has 0 aliphatic rings. The number of aromatic nitrogens is 3. The van der Waals surface area contributed by atoms with Crippen LogP contribution in [-0.4, -0.2) is 15.0 Å². The predicted octanol–water partition coefficient (Wildman–Crippen LogP) is 4.84. The number of rotatable bonds is 5. The Morgan fingerprint density at radius 3 is 2.62 bits per heavy atom. The summed E-state index contributed by atoms with van der Waals surface area (Å²) in [5, 5.41) is 7.30. The van der Waals surface area contributed by atoms with Crippen molar-refractivity contribution in [1.82, 2.24) is 15.0 Å². The molecule has 0 atom stereocenters. The number of benzene rings is 1. The number of aryl methyl sites for hydroxylation is 1. The minimum Gasteiger partial charge on any atom is -0.366 e. The van der Waals surface area contributed by atoms with Crippen LogP contribution in [0.25, 0.3) is 0 Å². The topological polar surface area (TPSA) is 62.7 Å². The quantitative estimate of drug-likeness (QED) is 0.682. The van der Waals surface area contributed by atoms with E-state index in [-0.39, 0.29) is 0 Å². The third kappa shape index (κ3) is 4.13. The molecule has 3 aromatic rings. The first-order valence-electron chi connectivity index (χ1n) is 7.31. The molecule has 0 unspecified atom stereocenters. The average molecular weight is 360 g/mol. The summed E-state index contributed by atoms with van der Waals surface area (Å²) < 4.78 is 0. The number of nitrogens with one attached hydrogen (secondary N) is 2. The van der Waals surface area contributed by atoms with Crippen LogP contribution in [-0.2, 0) is 6.54 Å².